The minimum absolute atomic E-state index is 0.113. The van der Waals surface area contributed by atoms with Gasteiger partial charge in [-0.1, -0.05) is 54.6 Å². The second-order valence-electron chi connectivity index (χ2n) is 6.57. The Hall–Kier alpha value is -2.56. The molecule has 0 amide bonds. The van der Waals surface area contributed by atoms with Crippen LogP contribution in [-0.4, -0.2) is 4.89 Å². The number of benzene rings is 3. The fraction of sp³-hybridized carbons (Fsp3) is 0.143. The lowest BCUT2D eigenvalue weighted by atomic mass is 10.2. The predicted octanol–water partition coefficient (Wildman–Crippen LogP) is 6.37. The first-order chi connectivity index (χ1) is 14.2. The molecule has 30 heavy (non-hydrogen) atoms. The zero-order valence-electron chi connectivity index (χ0n) is 16.7. The second-order valence-corrected chi connectivity index (χ2v) is 9.60. The van der Waals surface area contributed by atoms with E-state index in [4.69, 9.17) is 17.9 Å². The quantitative estimate of drug-likeness (QED) is 0.400. The van der Waals surface area contributed by atoms with Gasteiger partial charge in [-0.25, -0.2) is 9.13 Å². The molecule has 1 N–H and O–H groups in total. The van der Waals surface area contributed by atoms with Gasteiger partial charge in [0.15, 0.2) is 0 Å². The highest BCUT2D eigenvalue weighted by Crippen LogP contribution is 2.63. The minimum Gasteiger partial charge on any atom is -0.404 e. The van der Waals surface area contributed by atoms with E-state index in [9.17, 15) is 14.0 Å². The first-order valence-corrected chi connectivity index (χ1v) is 12.0. The third kappa shape index (κ3) is 5.74. The summed E-state index contributed by atoms with van der Waals surface area (Å²) in [6.45, 7) is 5.16. The van der Waals surface area contributed by atoms with Gasteiger partial charge in [0.25, 0.3) is 0 Å². The average molecular weight is 448 g/mol. The maximum atomic E-state index is 13.5. The first kappa shape index (κ1) is 22.1. The molecule has 0 aliphatic heterocycles. The number of para-hydroxylation sites is 3. The fourth-order valence-electron chi connectivity index (χ4n) is 2.54. The van der Waals surface area contributed by atoms with Crippen molar-refractivity contribution in [3.05, 3.63) is 89.5 Å². The number of phosphoric ester groups is 2. The molecular formula is C21H22O7P2. The van der Waals surface area contributed by atoms with Gasteiger partial charge >= 0.3 is 15.6 Å². The number of rotatable bonds is 8. The monoisotopic (exact) mass is 448 g/mol. The van der Waals surface area contributed by atoms with E-state index in [0.29, 0.717) is 16.7 Å². The fourth-order valence-corrected chi connectivity index (χ4v) is 5.33. The summed E-state index contributed by atoms with van der Waals surface area (Å²) in [6.07, 6.45) is 0. The molecule has 3 aromatic rings. The van der Waals surface area contributed by atoms with Crippen LogP contribution in [0.4, 0.5) is 0 Å². The summed E-state index contributed by atoms with van der Waals surface area (Å²) in [6, 6.07) is 20.0. The topological polar surface area (TPSA) is 91.3 Å². The predicted molar refractivity (Wildman–Crippen MR) is 114 cm³/mol. The van der Waals surface area contributed by atoms with Crippen molar-refractivity contribution in [2.75, 3.05) is 0 Å². The number of phosphoric acid groups is 2. The smallest absolute Gasteiger partial charge is 0.404 e. The largest absolute Gasteiger partial charge is 0.597 e. The van der Waals surface area contributed by atoms with Crippen molar-refractivity contribution < 1.29 is 31.9 Å². The minimum atomic E-state index is -4.88. The molecule has 0 aliphatic carbocycles. The van der Waals surface area contributed by atoms with Crippen molar-refractivity contribution in [1.82, 2.24) is 0 Å². The van der Waals surface area contributed by atoms with E-state index in [1.54, 1.807) is 87.5 Å². The third-order valence-electron chi connectivity index (χ3n) is 4.12. The summed E-state index contributed by atoms with van der Waals surface area (Å²) < 4.78 is 47.3. The van der Waals surface area contributed by atoms with Crippen molar-refractivity contribution in [2.45, 2.75) is 20.8 Å². The summed E-state index contributed by atoms with van der Waals surface area (Å²) in [5.41, 5.74) is 1.88. The van der Waals surface area contributed by atoms with Gasteiger partial charge in [0, 0.05) is 0 Å². The first-order valence-electron chi connectivity index (χ1n) is 9.07. The number of aryl methyl sites for hydroxylation is 3. The van der Waals surface area contributed by atoms with Crippen LogP contribution in [-0.2, 0) is 13.4 Å². The number of hydrogen-bond donors (Lipinski definition) is 1. The van der Waals surface area contributed by atoms with Gasteiger partial charge in [0.2, 0.25) is 0 Å². The zero-order chi connectivity index (χ0) is 21.8. The second kappa shape index (κ2) is 9.07. The Morgan fingerprint density at radius 2 is 0.933 bits per heavy atom. The molecule has 0 radical (unpaired) electrons. The van der Waals surface area contributed by atoms with E-state index in [2.05, 4.69) is 0 Å². The van der Waals surface area contributed by atoms with Gasteiger partial charge in [-0.2, -0.15) is 4.31 Å². The van der Waals surface area contributed by atoms with Crippen LogP contribution in [0.5, 0.6) is 17.2 Å². The van der Waals surface area contributed by atoms with Crippen LogP contribution in [0.2, 0.25) is 0 Å². The van der Waals surface area contributed by atoms with Gasteiger partial charge in [0.05, 0.1) is 0 Å². The molecule has 158 valence electrons. The highest BCUT2D eigenvalue weighted by Gasteiger charge is 2.43. The Morgan fingerprint density at radius 3 is 1.30 bits per heavy atom. The molecule has 1 unspecified atom stereocenters. The van der Waals surface area contributed by atoms with E-state index in [0.717, 1.165) is 0 Å². The van der Waals surface area contributed by atoms with E-state index in [-0.39, 0.29) is 17.2 Å². The highest BCUT2D eigenvalue weighted by atomic mass is 31.3. The Kier molecular flexibility index (Phi) is 6.69. The molecule has 3 aromatic carbocycles. The van der Waals surface area contributed by atoms with Gasteiger partial charge in [-0.15, -0.1) is 0 Å². The van der Waals surface area contributed by atoms with E-state index in [1.807, 2.05) is 0 Å². The molecule has 3 rings (SSSR count). The summed E-state index contributed by atoms with van der Waals surface area (Å²) in [5, 5.41) is 0. The summed E-state index contributed by atoms with van der Waals surface area (Å²) in [5.74, 6) is 0.484. The SMILES string of the molecule is Cc1ccccc1OP(=O)(O)OP(=O)(Oc1ccccc1C)Oc1ccccc1C. The number of hydrogen-bond acceptors (Lipinski definition) is 6. The molecule has 1 atom stereocenters. The van der Waals surface area contributed by atoms with Crippen molar-refractivity contribution >= 4 is 15.6 Å². The molecule has 0 aromatic heterocycles. The zero-order valence-corrected chi connectivity index (χ0v) is 18.5. The Morgan fingerprint density at radius 1 is 0.600 bits per heavy atom. The molecule has 0 spiro atoms. The molecular weight excluding hydrogens is 426 g/mol. The van der Waals surface area contributed by atoms with Gasteiger partial charge < -0.3 is 13.6 Å². The van der Waals surface area contributed by atoms with Gasteiger partial charge in [-0.05, 0) is 55.7 Å². The molecule has 0 bridgehead atoms. The van der Waals surface area contributed by atoms with E-state index >= 15 is 0 Å². The Balaban J connectivity index is 1.93. The van der Waals surface area contributed by atoms with Crippen LogP contribution in [0.25, 0.3) is 0 Å². The van der Waals surface area contributed by atoms with E-state index in [1.165, 1.54) is 6.07 Å². The van der Waals surface area contributed by atoms with Crippen LogP contribution in [0, 0.1) is 20.8 Å². The Bertz CT molecular complexity index is 1080. The highest BCUT2D eigenvalue weighted by molar-refractivity contribution is 7.62. The van der Waals surface area contributed by atoms with Crippen molar-refractivity contribution in [3.63, 3.8) is 0 Å². The molecule has 0 aliphatic rings. The lowest BCUT2D eigenvalue weighted by Crippen LogP contribution is -2.08. The van der Waals surface area contributed by atoms with Crippen molar-refractivity contribution in [1.29, 1.82) is 0 Å². The standard InChI is InChI=1S/C21H22O7P2/c1-16-10-4-7-13-19(16)25-29(22,23)28-30(24,26-20-14-8-5-11-17(20)2)27-21-15-9-6-12-18(21)3/h4-15H,1-3H3,(H,22,23). The van der Waals surface area contributed by atoms with Crippen molar-refractivity contribution in [2.24, 2.45) is 0 Å². The van der Waals surface area contributed by atoms with E-state index < -0.39 is 15.6 Å². The normalized spacial score (nSPS) is 13.3. The molecule has 0 saturated carbocycles. The molecule has 0 heterocycles. The average Bonchev–Trinajstić information content (AvgIpc) is 2.67. The lowest BCUT2D eigenvalue weighted by Gasteiger charge is -2.22. The molecule has 0 fully saturated rings. The van der Waals surface area contributed by atoms with Crippen LogP contribution in [0.15, 0.2) is 72.8 Å². The van der Waals surface area contributed by atoms with Gasteiger partial charge in [-0.3, -0.25) is 4.89 Å². The maximum absolute atomic E-state index is 13.5. The lowest BCUT2D eigenvalue weighted by molar-refractivity contribution is 0.237. The molecule has 0 saturated heterocycles. The summed E-state index contributed by atoms with van der Waals surface area (Å²) in [4.78, 5) is 10.3. The summed E-state index contributed by atoms with van der Waals surface area (Å²) in [7, 11) is -9.51. The summed E-state index contributed by atoms with van der Waals surface area (Å²) >= 11 is 0. The van der Waals surface area contributed by atoms with Crippen molar-refractivity contribution in [3.8, 4) is 17.2 Å². The van der Waals surface area contributed by atoms with Crippen LogP contribution in [0.3, 0.4) is 0 Å². The van der Waals surface area contributed by atoms with Crippen LogP contribution < -0.4 is 13.6 Å². The molecule has 7 nitrogen and oxygen atoms in total. The van der Waals surface area contributed by atoms with Crippen LogP contribution >= 0.6 is 15.6 Å². The maximum Gasteiger partial charge on any atom is 0.597 e. The Labute approximate surface area is 175 Å². The molecule has 9 heteroatoms. The van der Waals surface area contributed by atoms with Crippen LogP contribution in [0.1, 0.15) is 16.7 Å². The van der Waals surface area contributed by atoms with Gasteiger partial charge in [0.1, 0.15) is 17.2 Å². The third-order valence-corrected chi connectivity index (χ3v) is 7.01.